The van der Waals surface area contributed by atoms with E-state index in [0.29, 0.717) is 0 Å². The van der Waals surface area contributed by atoms with Gasteiger partial charge in [-0.1, -0.05) is 0 Å². The molecule has 0 aromatic heterocycles. The van der Waals surface area contributed by atoms with Crippen LogP contribution in [0.25, 0.3) is 0 Å². The molecule has 0 saturated heterocycles. The summed E-state index contributed by atoms with van der Waals surface area (Å²) in [5.74, 6) is 0. The van der Waals surface area contributed by atoms with Crippen LogP contribution in [-0.2, 0) is 31.2 Å². The van der Waals surface area contributed by atoms with Gasteiger partial charge in [0, 0.05) is 0 Å². The van der Waals surface area contributed by atoms with E-state index in [0.717, 1.165) is 0 Å². The SMILES string of the molecule is O=S(=O)(O)O.O=S(=O)(O)O.O=S(=O)(O)O.[PbH2]. The Bertz CT molecular complexity index is 337. The van der Waals surface area contributed by atoms with Gasteiger partial charge in [-0.3, -0.25) is 27.3 Å². The van der Waals surface area contributed by atoms with Crippen molar-refractivity contribution in [3.05, 3.63) is 0 Å². The molecular formula is H8O12PbS3. The summed E-state index contributed by atoms with van der Waals surface area (Å²) in [6.07, 6.45) is 0. The molecule has 6 N–H and O–H groups in total. The van der Waals surface area contributed by atoms with Crippen molar-refractivity contribution in [3.8, 4) is 0 Å². The molecule has 0 rings (SSSR count). The fourth-order valence-corrected chi connectivity index (χ4v) is 0. The molecule has 0 aliphatic rings. The van der Waals surface area contributed by atoms with E-state index in [4.69, 9.17) is 52.6 Å². The molecule has 0 aromatic carbocycles. The monoisotopic (exact) mass is 504 g/mol. The van der Waals surface area contributed by atoms with Crippen molar-refractivity contribution < 1.29 is 52.6 Å². The van der Waals surface area contributed by atoms with Gasteiger partial charge in [0.1, 0.15) is 0 Å². The van der Waals surface area contributed by atoms with Gasteiger partial charge >= 0.3 is 58.5 Å². The first-order valence-electron chi connectivity index (χ1n) is 2.10. The molecule has 0 amide bonds. The zero-order valence-electron chi connectivity index (χ0n) is 7.06. The van der Waals surface area contributed by atoms with Gasteiger partial charge < -0.3 is 0 Å². The molecule has 12 nitrogen and oxygen atoms in total. The number of hydrogen-bond acceptors (Lipinski definition) is 6. The van der Waals surface area contributed by atoms with E-state index in [1.54, 1.807) is 0 Å². The Labute approximate surface area is 111 Å². The summed E-state index contributed by atoms with van der Waals surface area (Å²) < 4.78 is 94.8. The summed E-state index contributed by atoms with van der Waals surface area (Å²) in [5.41, 5.74) is 0. The van der Waals surface area contributed by atoms with Gasteiger partial charge in [-0.15, -0.1) is 0 Å². The predicted octanol–water partition coefficient (Wildman–Crippen LogP) is -2.87. The van der Waals surface area contributed by atoms with Gasteiger partial charge in [0.15, 0.2) is 0 Å². The minimum atomic E-state index is -4.67. The number of hydrogen-bond donors (Lipinski definition) is 6. The normalized spacial score (nSPS) is 10.9. The van der Waals surface area contributed by atoms with Crippen molar-refractivity contribution in [1.82, 2.24) is 0 Å². The van der Waals surface area contributed by atoms with Crippen LogP contribution in [0.4, 0.5) is 0 Å². The molecule has 0 aliphatic carbocycles. The molecule has 102 valence electrons. The summed E-state index contributed by atoms with van der Waals surface area (Å²) >= 11 is 0. The first-order chi connectivity index (χ1) is 6.00. The molecule has 0 aliphatic heterocycles. The van der Waals surface area contributed by atoms with E-state index in [2.05, 4.69) is 0 Å². The molecule has 0 spiro atoms. The van der Waals surface area contributed by atoms with Crippen LogP contribution in [0.3, 0.4) is 0 Å². The minimum absolute atomic E-state index is 0. The molecule has 0 heterocycles. The maximum atomic E-state index is 8.74. The molecule has 0 aromatic rings. The van der Waals surface area contributed by atoms with Crippen LogP contribution in [0, 0.1) is 0 Å². The Morgan fingerprint density at radius 1 is 0.438 bits per heavy atom. The van der Waals surface area contributed by atoms with Crippen LogP contribution < -0.4 is 0 Å². The first kappa shape index (κ1) is 25.4. The average molecular weight is 503 g/mol. The van der Waals surface area contributed by atoms with Crippen molar-refractivity contribution in [3.63, 3.8) is 0 Å². The second-order valence-electron chi connectivity index (χ2n) is 1.34. The van der Waals surface area contributed by atoms with E-state index in [1.807, 2.05) is 0 Å². The standard InChI is InChI=1S/3H2O4S.Pb.2H/c3*1-5(2,3)4;;;/h3*(H2,1,2,3,4);;;. The van der Waals surface area contributed by atoms with Crippen LogP contribution in [0.5, 0.6) is 0 Å². The van der Waals surface area contributed by atoms with Crippen LogP contribution in [-0.4, -0.2) is 79.9 Å². The second-order valence-corrected chi connectivity index (χ2v) is 4.03. The zero-order chi connectivity index (χ0) is 13.5. The summed E-state index contributed by atoms with van der Waals surface area (Å²) in [4.78, 5) is 0. The second kappa shape index (κ2) is 9.55. The Hall–Kier alpha value is 0.532. The quantitative estimate of drug-likeness (QED) is 0.145. The van der Waals surface area contributed by atoms with Gasteiger partial charge in [-0.05, 0) is 0 Å². The average Bonchev–Trinajstić information content (AvgIpc) is 1.41. The summed E-state index contributed by atoms with van der Waals surface area (Å²) in [6, 6.07) is 0. The van der Waals surface area contributed by atoms with Crippen LogP contribution in [0.1, 0.15) is 0 Å². The Morgan fingerprint density at radius 2 is 0.438 bits per heavy atom. The third-order valence-corrected chi connectivity index (χ3v) is 0. The van der Waals surface area contributed by atoms with Crippen molar-refractivity contribution in [2.75, 3.05) is 0 Å². The Balaban J connectivity index is -0.0000000655. The fraction of sp³-hybridized carbons (Fsp3) is 0. The molecule has 16 heavy (non-hydrogen) atoms. The Morgan fingerprint density at radius 3 is 0.438 bits per heavy atom. The molecule has 0 saturated carbocycles. The molecule has 0 bridgehead atoms. The van der Waals surface area contributed by atoms with Crippen LogP contribution >= 0.6 is 0 Å². The third kappa shape index (κ3) is 9400. The summed E-state index contributed by atoms with van der Waals surface area (Å²) in [5, 5.41) is 0. The maximum absolute atomic E-state index is 8.74. The topological polar surface area (TPSA) is 224 Å². The van der Waals surface area contributed by atoms with E-state index < -0.39 is 31.2 Å². The number of rotatable bonds is 0. The molecule has 0 atom stereocenters. The summed E-state index contributed by atoms with van der Waals surface area (Å²) in [7, 11) is -14.0. The van der Waals surface area contributed by atoms with Gasteiger partial charge in [-0.25, -0.2) is 0 Å². The molecule has 2 radical (unpaired) electrons. The van der Waals surface area contributed by atoms with Crippen LogP contribution in [0.15, 0.2) is 0 Å². The van der Waals surface area contributed by atoms with E-state index in [1.165, 1.54) is 0 Å². The van der Waals surface area contributed by atoms with Gasteiger partial charge in [0.2, 0.25) is 0 Å². The third-order valence-electron chi connectivity index (χ3n) is 0. The molecule has 16 heteroatoms. The van der Waals surface area contributed by atoms with Crippen molar-refractivity contribution in [2.24, 2.45) is 0 Å². The van der Waals surface area contributed by atoms with E-state index >= 15 is 0 Å². The van der Waals surface area contributed by atoms with Crippen LogP contribution in [0.2, 0.25) is 0 Å². The van der Waals surface area contributed by atoms with E-state index in [-0.39, 0.29) is 27.3 Å². The molecular weight excluding hydrogens is 495 g/mol. The van der Waals surface area contributed by atoms with Gasteiger partial charge in [-0.2, -0.15) is 25.3 Å². The summed E-state index contributed by atoms with van der Waals surface area (Å²) in [6.45, 7) is 0. The van der Waals surface area contributed by atoms with Gasteiger partial charge in [0.05, 0.1) is 0 Å². The first-order valence-corrected chi connectivity index (χ1v) is 6.29. The molecule has 0 unspecified atom stereocenters. The van der Waals surface area contributed by atoms with E-state index in [9.17, 15) is 0 Å². The Kier molecular flexibility index (Phi) is 15.2. The van der Waals surface area contributed by atoms with Gasteiger partial charge in [0.25, 0.3) is 0 Å². The molecule has 0 fully saturated rings. The predicted molar refractivity (Wildman–Crippen MR) is 51.1 cm³/mol. The van der Waals surface area contributed by atoms with Crippen molar-refractivity contribution >= 4 is 58.5 Å². The van der Waals surface area contributed by atoms with Crippen molar-refractivity contribution in [2.45, 2.75) is 0 Å². The fourth-order valence-electron chi connectivity index (χ4n) is 0. The zero-order valence-corrected chi connectivity index (χ0v) is 15.0. The van der Waals surface area contributed by atoms with Crippen molar-refractivity contribution in [1.29, 1.82) is 0 Å².